The number of hydrogen-bond donors (Lipinski definition) is 1. The lowest BCUT2D eigenvalue weighted by atomic mass is 10.1. The van der Waals surface area contributed by atoms with Crippen LogP contribution in [0, 0.1) is 0 Å². The molecule has 0 bridgehead atoms. The predicted molar refractivity (Wildman–Crippen MR) is 124 cm³/mol. The van der Waals surface area contributed by atoms with Crippen LogP contribution in [0.1, 0.15) is 36.5 Å². The summed E-state index contributed by atoms with van der Waals surface area (Å²) >= 11 is 1.42. The van der Waals surface area contributed by atoms with Crippen molar-refractivity contribution >= 4 is 33.1 Å². The van der Waals surface area contributed by atoms with Crippen LogP contribution in [-0.2, 0) is 0 Å². The summed E-state index contributed by atoms with van der Waals surface area (Å²) in [7, 11) is 0. The van der Waals surface area contributed by atoms with Gasteiger partial charge in [0.15, 0.2) is 5.13 Å². The SMILES string of the molecule is CCCCCOc1cccc(C(=O)Nc2nc(-c3ccc4ccccc4c3)cs2)c1. The van der Waals surface area contributed by atoms with E-state index in [-0.39, 0.29) is 5.91 Å². The minimum atomic E-state index is -0.187. The first kappa shape index (κ1) is 20.1. The molecule has 3 aromatic carbocycles. The van der Waals surface area contributed by atoms with Gasteiger partial charge in [-0.2, -0.15) is 0 Å². The van der Waals surface area contributed by atoms with E-state index in [1.807, 2.05) is 29.6 Å². The molecular weight excluding hydrogens is 392 g/mol. The van der Waals surface area contributed by atoms with Gasteiger partial charge in [0.25, 0.3) is 5.91 Å². The summed E-state index contributed by atoms with van der Waals surface area (Å²) in [5, 5.41) is 7.82. The normalized spacial score (nSPS) is 10.8. The van der Waals surface area contributed by atoms with Crippen molar-refractivity contribution in [2.24, 2.45) is 0 Å². The largest absolute Gasteiger partial charge is 0.494 e. The number of unbranched alkanes of at least 4 members (excludes halogenated alkanes) is 2. The number of benzene rings is 3. The van der Waals surface area contributed by atoms with Crippen LogP contribution in [0.2, 0.25) is 0 Å². The number of ether oxygens (including phenoxy) is 1. The molecule has 0 aliphatic heterocycles. The zero-order valence-electron chi connectivity index (χ0n) is 16.9. The molecule has 0 spiro atoms. The third-order valence-corrected chi connectivity index (χ3v) is 5.64. The van der Waals surface area contributed by atoms with Crippen LogP contribution in [-0.4, -0.2) is 17.5 Å². The zero-order valence-corrected chi connectivity index (χ0v) is 17.7. The van der Waals surface area contributed by atoms with Crippen LogP contribution in [0.15, 0.2) is 72.1 Å². The number of hydrogen-bond acceptors (Lipinski definition) is 4. The van der Waals surface area contributed by atoms with E-state index in [1.54, 1.807) is 12.1 Å². The fourth-order valence-electron chi connectivity index (χ4n) is 3.25. The summed E-state index contributed by atoms with van der Waals surface area (Å²) < 4.78 is 5.75. The molecule has 4 aromatic rings. The average molecular weight is 417 g/mol. The Morgan fingerprint density at radius 3 is 2.73 bits per heavy atom. The molecule has 1 N–H and O–H groups in total. The Balaban J connectivity index is 1.43. The number of amides is 1. The second-order valence-electron chi connectivity index (χ2n) is 7.14. The Labute approximate surface area is 180 Å². The first-order valence-corrected chi connectivity index (χ1v) is 11.1. The van der Waals surface area contributed by atoms with Crippen molar-refractivity contribution in [1.82, 2.24) is 4.98 Å². The number of thiazole rings is 1. The molecule has 0 atom stereocenters. The molecule has 0 fully saturated rings. The molecule has 4 nitrogen and oxygen atoms in total. The summed E-state index contributed by atoms with van der Waals surface area (Å²) in [5.74, 6) is 0.531. The highest BCUT2D eigenvalue weighted by atomic mass is 32.1. The molecule has 0 radical (unpaired) electrons. The minimum Gasteiger partial charge on any atom is -0.494 e. The maximum Gasteiger partial charge on any atom is 0.257 e. The second kappa shape index (κ2) is 9.55. The van der Waals surface area contributed by atoms with Gasteiger partial charge >= 0.3 is 0 Å². The minimum absolute atomic E-state index is 0.187. The standard InChI is InChI=1S/C25H24N2O2S/c1-2-3-6-14-29-22-11-7-10-21(16-22)24(28)27-25-26-23(17-30-25)20-13-12-18-8-4-5-9-19(18)15-20/h4-5,7-13,15-17H,2-3,6,14H2,1H3,(H,26,27,28). The lowest BCUT2D eigenvalue weighted by Crippen LogP contribution is -2.11. The molecular formula is C25H24N2O2S. The summed E-state index contributed by atoms with van der Waals surface area (Å²) in [6, 6.07) is 21.8. The smallest absolute Gasteiger partial charge is 0.257 e. The first-order chi connectivity index (χ1) is 14.7. The van der Waals surface area contributed by atoms with E-state index in [1.165, 1.54) is 22.1 Å². The van der Waals surface area contributed by atoms with Gasteiger partial charge in [0.05, 0.1) is 12.3 Å². The topological polar surface area (TPSA) is 51.2 Å². The van der Waals surface area contributed by atoms with Crippen LogP contribution in [0.3, 0.4) is 0 Å². The molecule has 5 heteroatoms. The molecule has 0 unspecified atom stereocenters. The van der Waals surface area contributed by atoms with Gasteiger partial charge in [-0.3, -0.25) is 10.1 Å². The third kappa shape index (κ3) is 4.86. The van der Waals surface area contributed by atoms with Crippen molar-refractivity contribution in [2.75, 3.05) is 11.9 Å². The van der Waals surface area contributed by atoms with Crippen molar-refractivity contribution in [1.29, 1.82) is 0 Å². The van der Waals surface area contributed by atoms with E-state index in [0.29, 0.717) is 17.3 Å². The lowest BCUT2D eigenvalue weighted by Gasteiger charge is -2.07. The second-order valence-corrected chi connectivity index (χ2v) is 8.00. The Hall–Kier alpha value is -3.18. The molecule has 0 aliphatic carbocycles. The van der Waals surface area contributed by atoms with Gasteiger partial charge in [-0.15, -0.1) is 11.3 Å². The fraction of sp³-hybridized carbons (Fsp3) is 0.200. The van der Waals surface area contributed by atoms with Crippen molar-refractivity contribution in [3.63, 3.8) is 0 Å². The Bertz CT molecular complexity index is 1150. The fourth-order valence-corrected chi connectivity index (χ4v) is 3.97. The van der Waals surface area contributed by atoms with E-state index < -0.39 is 0 Å². The number of carbonyl (C=O) groups is 1. The summed E-state index contributed by atoms with van der Waals surface area (Å²) in [6.45, 7) is 2.83. The van der Waals surface area contributed by atoms with Crippen LogP contribution >= 0.6 is 11.3 Å². The zero-order chi connectivity index (χ0) is 20.8. The number of anilines is 1. The molecule has 4 rings (SSSR count). The summed E-state index contributed by atoms with van der Waals surface area (Å²) in [5.41, 5.74) is 2.45. The van der Waals surface area contributed by atoms with Gasteiger partial charge in [0, 0.05) is 16.5 Å². The molecule has 1 heterocycles. The van der Waals surface area contributed by atoms with Gasteiger partial charge < -0.3 is 4.74 Å². The molecule has 0 saturated heterocycles. The van der Waals surface area contributed by atoms with Crippen molar-refractivity contribution in [2.45, 2.75) is 26.2 Å². The number of nitrogens with one attached hydrogen (secondary N) is 1. The van der Waals surface area contributed by atoms with Crippen molar-refractivity contribution < 1.29 is 9.53 Å². The Kier molecular flexibility index (Phi) is 6.40. The molecule has 152 valence electrons. The van der Waals surface area contributed by atoms with E-state index in [2.05, 4.69) is 47.6 Å². The number of rotatable bonds is 8. The van der Waals surface area contributed by atoms with Crippen molar-refractivity contribution in [3.8, 4) is 17.0 Å². The molecule has 0 aliphatic rings. The van der Waals surface area contributed by atoms with Gasteiger partial charge in [0.1, 0.15) is 5.75 Å². The van der Waals surface area contributed by atoms with Crippen LogP contribution in [0.25, 0.3) is 22.0 Å². The molecule has 30 heavy (non-hydrogen) atoms. The van der Waals surface area contributed by atoms with Gasteiger partial charge in [-0.05, 0) is 41.5 Å². The van der Waals surface area contributed by atoms with E-state index in [0.717, 1.165) is 36.3 Å². The number of aromatic nitrogens is 1. The Morgan fingerprint density at radius 1 is 1.00 bits per heavy atom. The highest BCUT2D eigenvalue weighted by Crippen LogP contribution is 2.28. The lowest BCUT2D eigenvalue weighted by molar-refractivity contribution is 0.102. The summed E-state index contributed by atoms with van der Waals surface area (Å²) in [4.78, 5) is 17.3. The van der Waals surface area contributed by atoms with Gasteiger partial charge in [-0.1, -0.05) is 62.2 Å². The van der Waals surface area contributed by atoms with Gasteiger partial charge in [0.2, 0.25) is 0 Å². The van der Waals surface area contributed by atoms with E-state index >= 15 is 0 Å². The van der Waals surface area contributed by atoms with Crippen LogP contribution < -0.4 is 10.1 Å². The van der Waals surface area contributed by atoms with Crippen LogP contribution in [0.4, 0.5) is 5.13 Å². The van der Waals surface area contributed by atoms with E-state index in [9.17, 15) is 4.79 Å². The highest BCUT2D eigenvalue weighted by molar-refractivity contribution is 7.14. The first-order valence-electron chi connectivity index (χ1n) is 10.2. The highest BCUT2D eigenvalue weighted by Gasteiger charge is 2.11. The number of fused-ring (bicyclic) bond motifs is 1. The molecule has 0 saturated carbocycles. The maximum absolute atomic E-state index is 12.7. The van der Waals surface area contributed by atoms with Gasteiger partial charge in [-0.25, -0.2) is 4.98 Å². The third-order valence-electron chi connectivity index (χ3n) is 4.88. The number of carbonyl (C=O) groups excluding carboxylic acids is 1. The monoisotopic (exact) mass is 416 g/mol. The van der Waals surface area contributed by atoms with Crippen molar-refractivity contribution in [3.05, 3.63) is 77.7 Å². The molecule has 1 aromatic heterocycles. The number of nitrogens with zero attached hydrogens (tertiary/aromatic N) is 1. The predicted octanol–water partition coefficient (Wildman–Crippen LogP) is 6.78. The maximum atomic E-state index is 12.7. The average Bonchev–Trinajstić information content (AvgIpc) is 3.25. The van der Waals surface area contributed by atoms with E-state index in [4.69, 9.17) is 4.74 Å². The summed E-state index contributed by atoms with van der Waals surface area (Å²) in [6.07, 6.45) is 3.31. The Morgan fingerprint density at radius 2 is 1.87 bits per heavy atom. The molecule has 1 amide bonds. The quantitative estimate of drug-likeness (QED) is 0.322. The van der Waals surface area contributed by atoms with Crippen LogP contribution in [0.5, 0.6) is 5.75 Å².